The lowest BCUT2D eigenvalue weighted by molar-refractivity contribution is 0.110. The third-order valence-corrected chi connectivity index (χ3v) is 3.71. The van der Waals surface area contributed by atoms with E-state index < -0.39 is 6.10 Å². The summed E-state index contributed by atoms with van der Waals surface area (Å²) in [5.41, 5.74) is 1.81. The first-order chi connectivity index (χ1) is 10.3. The lowest BCUT2D eigenvalue weighted by atomic mass is 10.1. The van der Waals surface area contributed by atoms with Gasteiger partial charge in [0, 0.05) is 0 Å². The highest BCUT2D eigenvalue weighted by Gasteiger charge is 2.35. The number of hydrogen-bond acceptors (Lipinski definition) is 3. The summed E-state index contributed by atoms with van der Waals surface area (Å²) >= 11 is 0. The molecule has 0 aliphatic carbocycles. The summed E-state index contributed by atoms with van der Waals surface area (Å²) in [7, 11) is 0. The van der Waals surface area contributed by atoms with Gasteiger partial charge in [-0.25, -0.2) is 4.79 Å². The summed E-state index contributed by atoms with van der Waals surface area (Å²) in [5, 5.41) is 10.3. The molecule has 0 saturated carbocycles. The first kappa shape index (κ1) is 13.6. The normalized spacial score (nSPS) is 19.4. The van der Waals surface area contributed by atoms with Crippen LogP contribution in [0.5, 0.6) is 0 Å². The second-order valence-corrected chi connectivity index (χ2v) is 5.08. The Kier molecular flexibility index (Phi) is 3.88. The van der Waals surface area contributed by atoms with E-state index in [9.17, 15) is 9.90 Å². The van der Waals surface area contributed by atoms with Crippen LogP contribution >= 0.6 is 0 Å². The smallest absolute Gasteiger partial charge is 0.410 e. The van der Waals surface area contributed by atoms with Crippen molar-refractivity contribution in [3.8, 4) is 0 Å². The van der Waals surface area contributed by atoms with E-state index in [1.807, 2.05) is 60.7 Å². The molecule has 1 aliphatic rings. The molecule has 1 amide bonds. The van der Waals surface area contributed by atoms with E-state index in [1.54, 1.807) is 4.90 Å². The Bertz CT molecular complexity index is 600. The Morgan fingerprint density at radius 3 is 2.38 bits per heavy atom. The molecule has 0 spiro atoms. The Hall–Kier alpha value is -2.33. The Morgan fingerprint density at radius 2 is 1.71 bits per heavy atom. The number of β-amino-alcohol motifs (C(OH)–C–C–N with tert-alkyl or cyclic N) is 1. The number of aliphatic hydroxyl groups excluding tert-OH is 1. The quantitative estimate of drug-likeness (QED) is 0.938. The fourth-order valence-electron chi connectivity index (χ4n) is 2.57. The van der Waals surface area contributed by atoms with Gasteiger partial charge in [-0.3, -0.25) is 4.90 Å². The average molecular weight is 283 g/mol. The number of carbonyl (C=O) groups excluding carboxylic acids is 1. The largest absolute Gasteiger partial charge is 0.447 e. The molecule has 0 unspecified atom stereocenters. The van der Waals surface area contributed by atoms with E-state index in [2.05, 4.69) is 0 Å². The number of carbonyl (C=O) groups is 1. The van der Waals surface area contributed by atoms with Crippen molar-refractivity contribution >= 4 is 6.09 Å². The van der Waals surface area contributed by atoms with E-state index in [4.69, 9.17) is 4.74 Å². The molecule has 108 valence electrons. The van der Waals surface area contributed by atoms with Crippen molar-refractivity contribution in [1.29, 1.82) is 0 Å². The van der Waals surface area contributed by atoms with Gasteiger partial charge in [0.25, 0.3) is 0 Å². The van der Waals surface area contributed by atoms with Crippen LogP contribution in [0.4, 0.5) is 4.79 Å². The van der Waals surface area contributed by atoms with E-state index in [-0.39, 0.29) is 18.7 Å². The number of cyclic esters (lactones) is 1. The van der Waals surface area contributed by atoms with Crippen molar-refractivity contribution in [1.82, 2.24) is 4.90 Å². The highest BCUT2D eigenvalue weighted by molar-refractivity contribution is 5.70. The van der Waals surface area contributed by atoms with Crippen molar-refractivity contribution in [2.24, 2.45) is 0 Å². The van der Waals surface area contributed by atoms with Crippen LogP contribution in [-0.2, 0) is 4.74 Å². The van der Waals surface area contributed by atoms with Crippen LogP contribution in [0.3, 0.4) is 0 Å². The summed E-state index contributed by atoms with van der Waals surface area (Å²) in [6.07, 6.45) is -1.10. The van der Waals surface area contributed by atoms with Gasteiger partial charge in [-0.1, -0.05) is 60.7 Å². The standard InChI is InChI=1S/C17H17NO3/c19-16(14-9-5-2-6-10-14)11-18-15(12-21-17(18)20)13-7-3-1-4-8-13/h1-10,15-16,19H,11-12H2/t15-,16-/m0/s1. The summed E-state index contributed by atoms with van der Waals surface area (Å²) in [5.74, 6) is 0. The van der Waals surface area contributed by atoms with E-state index in [0.29, 0.717) is 6.61 Å². The molecule has 2 aromatic carbocycles. The number of benzene rings is 2. The van der Waals surface area contributed by atoms with Gasteiger partial charge < -0.3 is 9.84 Å². The summed E-state index contributed by atoms with van der Waals surface area (Å²) in [6, 6.07) is 18.9. The van der Waals surface area contributed by atoms with Gasteiger partial charge in [-0.2, -0.15) is 0 Å². The van der Waals surface area contributed by atoms with Gasteiger partial charge in [-0.05, 0) is 11.1 Å². The summed E-state index contributed by atoms with van der Waals surface area (Å²) < 4.78 is 5.15. The Morgan fingerprint density at radius 1 is 1.10 bits per heavy atom. The second kappa shape index (κ2) is 5.97. The summed E-state index contributed by atoms with van der Waals surface area (Å²) in [6.45, 7) is 0.548. The van der Waals surface area contributed by atoms with Crippen LogP contribution in [0.1, 0.15) is 23.3 Å². The fourth-order valence-corrected chi connectivity index (χ4v) is 2.57. The summed E-state index contributed by atoms with van der Waals surface area (Å²) in [4.78, 5) is 13.5. The van der Waals surface area contributed by atoms with Gasteiger partial charge >= 0.3 is 6.09 Å². The molecule has 0 bridgehead atoms. The maximum Gasteiger partial charge on any atom is 0.410 e. The predicted molar refractivity (Wildman–Crippen MR) is 78.6 cm³/mol. The lowest BCUT2D eigenvalue weighted by Gasteiger charge is -2.24. The van der Waals surface area contributed by atoms with Crippen molar-refractivity contribution in [2.45, 2.75) is 12.1 Å². The number of hydrogen-bond donors (Lipinski definition) is 1. The van der Waals surface area contributed by atoms with Gasteiger partial charge in [0.05, 0.1) is 18.7 Å². The molecule has 1 N–H and O–H groups in total. The molecule has 4 heteroatoms. The monoisotopic (exact) mass is 283 g/mol. The van der Waals surface area contributed by atoms with Gasteiger partial charge in [-0.15, -0.1) is 0 Å². The molecule has 0 radical (unpaired) electrons. The SMILES string of the molecule is O=C1OC[C@@H](c2ccccc2)N1C[C@H](O)c1ccccc1. The average Bonchev–Trinajstić information content (AvgIpc) is 2.90. The molecule has 21 heavy (non-hydrogen) atoms. The van der Waals surface area contributed by atoms with Crippen LogP contribution in [0.2, 0.25) is 0 Å². The topological polar surface area (TPSA) is 49.8 Å². The van der Waals surface area contributed by atoms with Crippen molar-refractivity contribution in [3.05, 3.63) is 71.8 Å². The Labute approximate surface area is 123 Å². The zero-order valence-electron chi connectivity index (χ0n) is 11.6. The third-order valence-electron chi connectivity index (χ3n) is 3.71. The molecule has 1 saturated heterocycles. The fraction of sp³-hybridized carbons (Fsp3) is 0.235. The first-order valence-electron chi connectivity index (χ1n) is 6.97. The minimum Gasteiger partial charge on any atom is -0.447 e. The van der Waals surface area contributed by atoms with Crippen molar-refractivity contribution in [3.63, 3.8) is 0 Å². The maximum absolute atomic E-state index is 11.9. The predicted octanol–water partition coefficient (Wildman–Crippen LogP) is 2.91. The highest BCUT2D eigenvalue weighted by Crippen LogP contribution is 2.29. The molecule has 1 aliphatic heterocycles. The first-order valence-corrected chi connectivity index (χ1v) is 6.97. The minimum absolute atomic E-state index is 0.142. The zero-order chi connectivity index (χ0) is 14.7. The molecule has 2 aromatic rings. The van der Waals surface area contributed by atoms with Gasteiger partial charge in [0.1, 0.15) is 6.61 Å². The van der Waals surface area contributed by atoms with Gasteiger partial charge in [0.15, 0.2) is 0 Å². The van der Waals surface area contributed by atoms with Crippen molar-refractivity contribution < 1.29 is 14.6 Å². The van der Waals surface area contributed by atoms with Crippen LogP contribution in [0, 0.1) is 0 Å². The Balaban J connectivity index is 1.77. The van der Waals surface area contributed by atoms with Crippen LogP contribution in [-0.4, -0.2) is 29.3 Å². The number of aliphatic hydroxyl groups is 1. The number of rotatable bonds is 4. The van der Waals surface area contributed by atoms with Crippen LogP contribution < -0.4 is 0 Å². The van der Waals surface area contributed by atoms with Crippen LogP contribution in [0.25, 0.3) is 0 Å². The highest BCUT2D eigenvalue weighted by atomic mass is 16.6. The third kappa shape index (κ3) is 2.90. The molecule has 0 aromatic heterocycles. The van der Waals surface area contributed by atoms with Crippen molar-refractivity contribution in [2.75, 3.05) is 13.2 Å². The maximum atomic E-state index is 11.9. The van der Waals surface area contributed by atoms with E-state index in [0.717, 1.165) is 11.1 Å². The minimum atomic E-state index is -0.719. The zero-order valence-corrected chi connectivity index (χ0v) is 11.6. The lowest BCUT2D eigenvalue weighted by Crippen LogP contribution is -2.32. The number of ether oxygens (including phenoxy) is 1. The number of nitrogens with zero attached hydrogens (tertiary/aromatic N) is 1. The second-order valence-electron chi connectivity index (χ2n) is 5.08. The van der Waals surface area contributed by atoms with E-state index in [1.165, 1.54) is 0 Å². The van der Waals surface area contributed by atoms with E-state index >= 15 is 0 Å². The van der Waals surface area contributed by atoms with Crippen LogP contribution in [0.15, 0.2) is 60.7 Å². The molecule has 2 atom stereocenters. The molecule has 3 rings (SSSR count). The number of amides is 1. The molecular formula is C17H17NO3. The molecule has 4 nitrogen and oxygen atoms in total. The van der Waals surface area contributed by atoms with Gasteiger partial charge in [0.2, 0.25) is 0 Å². The molecule has 1 heterocycles. The molecular weight excluding hydrogens is 266 g/mol. The molecule has 1 fully saturated rings.